The van der Waals surface area contributed by atoms with Crippen LogP contribution in [0.1, 0.15) is 24.8 Å². The van der Waals surface area contributed by atoms with E-state index in [1.165, 1.54) is 11.3 Å². The smallest absolute Gasteiger partial charge is 0.288 e. The van der Waals surface area contributed by atoms with Crippen LogP contribution in [0.3, 0.4) is 0 Å². The minimum absolute atomic E-state index is 0.00000940. The average molecular weight is 558 g/mol. The van der Waals surface area contributed by atoms with E-state index in [4.69, 9.17) is 27.7 Å². The van der Waals surface area contributed by atoms with Crippen LogP contribution in [0.4, 0.5) is 11.6 Å². The van der Waals surface area contributed by atoms with Crippen LogP contribution in [0.5, 0.6) is 0 Å². The van der Waals surface area contributed by atoms with E-state index in [2.05, 4.69) is 20.6 Å². The second-order valence-electron chi connectivity index (χ2n) is 8.37. The van der Waals surface area contributed by atoms with Crippen molar-refractivity contribution < 1.29 is 18.9 Å². The molecule has 5 rings (SSSR count). The lowest BCUT2D eigenvalue weighted by atomic mass is 10.2. The number of halogens is 2. The van der Waals surface area contributed by atoms with E-state index in [0.29, 0.717) is 26.5 Å². The number of amidine groups is 1. The van der Waals surface area contributed by atoms with Crippen LogP contribution < -0.4 is 20.0 Å². The molecule has 2 aliphatic rings. The van der Waals surface area contributed by atoms with Crippen molar-refractivity contribution in [1.29, 1.82) is 0 Å². The van der Waals surface area contributed by atoms with E-state index in [9.17, 15) is 9.59 Å². The number of rotatable bonds is 6. The molecule has 0 saturated carbocycles. The minimum atomic E-state index is -0.345. The van der Waals surface area contributed by atoms with Crippen LogP contribution in [0.25, 0.3) is 6.08 Å². The number of carbonyl (C=O) groups is 2. The predicted octanol–water partition coefficient (Wildman–Crippen LogP) is 4.51. The zero-order valence-electron chi connectivity index (χ0n) is 19.6. The van der Waals surface area contributed by atoms with Gasteiger partial charge in [0.1, 0.15) is 5.70 Å². The number of amides is 2. The zero-order valence-corrected chi connectivity index (χ0v) is 22.0. The molecule has 1 saturated heterocycles. The predicted molar refractivity (Wildman–Crippen MR) is 145 cm³/mol. The highest BCUT2D eigenvalue weighted by Crippen LogP contribution is 2.32. The molecular weight excluding hydrogens is 535 g/mol. The summed E-state index contributed by atoms with van der Waals surface area (Å²) in [6.45, 7) is 1.78. The Labute approximate surface area is 227 Å². The summed E-state index contributed by atoms with van der Waals surface area (Å²) in [4.78, 5) is 33.6. The molecule has 9 nitrogen and oxygen atoms in total. The molecule has 2 amide bonds. The maximum Gasteiger partial charge on any atom is 0.305 e. The Morgan fingerprint density at radius 2 is 1.81 bits per heavy atom. The molecule has 0 unspecified atom stereocenters. The third-order valence-electron chi connectivity index (χ3n) is 5.80. The van der Waals surface area contributed by atoms with Crippen LogP contribution >= 0.6 is 35.0 Å². The lowest BCUT2D eigenvalue weighted by Crippen LogP contribution is -2.60. The van der Waals surface area contributed by atoms with Crippen molar-refractivity contribution >= 4 is 69.6 Å². The summed E-state index contributed by atoms with van der Waals surface area (Å²) in [6, 6.07) is 14.2. The summed E-state index contributed by atoms with van der Waals surface area (Å²) in [6.07, 6.45) is 6.59. The topological polar surface area (TPSA) is 94.9 Å². The third kappa shape index (κ3) is 5.82. The van der Waals surface area contributed by atoms with Gasteiger partial charge in [0.25, 0.3) is 12.1 Å². The Bertz CT molecular complexity index is 1350. The van der Waals surface area contributed by atoms with Gasteiger partial charge < -0.3 is 0 Å². The van der Waals surface area contributed by atoms with Crippen molar-refractivity contribution in [2.45, 2.75) is 19.3 Å². The van der Waals surface area contributed by atoms with Crippen molar-refractivity contribution in [2.75, 3.05) is 34.1 Å². The lowest BCUT2D eigenvalue weighted by Gasteiger charge is -2.17. The number of nitrogens with one attached hydrogen (secondary N) is 1. The Hall–Kier alpha value is -3.34. The molecule has 1 aromatic heterocycles. The van der Waals surface area contributed by atoms with Gasteiger partial charge in [0.05, 0.1) is 29.3 Å². The molecule has 0 radical (unpaired) electrons. The van der Waals surface area contributed by atoms with Gasteiger partial charge >= 0.3 is 5.88 Å². The van der Waals surface area contributed by atoms with E-state index in [-0.39, 0.29) is 29.1 Å². The number of piperidine rings is 1. The SMILES string of the molecule is O=C(CSC1=N/C(=C\c2c(Cl)cccc2Cl)C(=O)N1c1ccccc1)Nc1c[n+](N2CCCCC2)no1. The van der Waals surface area contributed by atoms with Gasteiger partial charge in [0.15, 0.2) is 5.17 Å². The number of benzene rings is 2. The van der Waals surface area contributed by atoms with Crippen LogP contribution in [0, 0.1) is 0 Å². The molecule has 190 valence electrons. The molecule has 0 aliphatic carbocycles. The molecule has 1 fully saturated rings. The second kappa shape index (κ2) is 11.4. The number of carbonyl (C=O) groups excluding carboxylic acids is 2. The van der Waals surface area contributed by atoms with Crippen molar-refractivity contribution in [3.8, 4) is 0 Å². The van der Waals surface area contributed by atoms with Crippen molar-refractivity contribution in [3.05, 3.63) is 76.0 Å². The first kappa shape index (κ1) is 25.3. The molecule has 12 heteroatoms. The van der Waals surface area contributed by atoms with Gasteiger partial charge in [0, 0.05) is 15.6 Å². The van der Waals surface area contributed by atoms with Crippen LogP contribution in [-0.2, 0) is 9.59 Å². The number of hydrogen-bond acceptors (Lipinski definition) is 7. The fourth-order valence-corrected chi connectivity index (χ4v) is 5.31. The zero-order chi connectivity index (χ0) is 25.8. The Kier molecular flexibility index (Phi) is 7.78. The maximum absolute atomic E-state index is 13.3. The number of para-hydroxylation sites is 1. The number of nitrogens with zero attached hydrogens (tertiary/aromatic N) is 5. The minimum Gasteiger partial charge on any atom is -0.288 e. The number of aliphatic imine (C=N–C) groups is 1. The van der Waals surface area contributed by atoms with E-state index < -0.39 is 0 Å². The van der Waals surface area contributed by atoms with Gasteiger partial charge in [-0.2, -0.15) is 5.01 Å². The van der Waals surface area contributed by atoms with Gasteiger partial charge in [-0.15, -0.1) is 0 Å². The summed E-state index contributed by atoms with van der Waals surface area (Å²) >= 11 is 13.7. The van der Waals surface area contributed by atoms with Crippen LogP contribution in [0.15, 0.2) is 69.9 Å². The van der Waals surface area contributed by atoms with Gasteiger partial charge in [-0.05, 0) is 49.6 Å². The summed E-state index contributed by atoms with van der Waals surface area (Å²) in [7, 11) is 0. The first-order chi connectivity index (χ1) is 18.0. The summed E-state index contributed by atoms with van der Waals surface area (Å²) < 4.78 is 5.27. The number of aromatic nitrogens is 2. The van der Waals surface area contributed by atoms with Crippen molar-refractivity contribution in [1.82, 2.24) is 5.27 Å². The molecule has 37 heavy (non-hydrogen) atoms. The monoisotopic (exact) mass is 557 g/mol. The number of thioether (sulfide) groups is 1. The van der Waals surface area contributed by atoms with Gasteiger partial charge in [-0.25, -0.2) is 4.99 Å². The molecule has 2 aliphatic heterocycles. The number of anilines is 2. The average Bonchev–Trinajstić information content (AvgIpc) is 3.50. The van der Waals surface area contributed by atoms with E-state index in [1.807, 2.05) is 18.2 Å². The normalized spacial score (nSPS) is 16.9. The largest absolute Gasteiger partial charge is 0.305 e. The Morgan fingerprint density at radius 3 is 2.54 bits per heavy atom. The molecule has 0 bridgehead atoms. The highest BCUT2D eigenvalue weighted by atomic mass is 35.5. The van der Waals surface area contributed by atoms with Crippen molar-refractivity contribution in [2.24, 2.45) is 4.99 Å². The highest BCUT2D eigenvalue weighted by Gasteiger charge is 2.33. The highest BCUT2D eigenvalue weighted by molar-refractivity contribution is 8.14. The van der Waals surface area contributed by atoms with Crippen LogP contribution in [0.2, 0.25) is 10.0 Å². The molecule has 3 aromatic rings. The molecule has 0 spiro atoms. The fourth-order valence-electron chi connectivity index (χ4n) is 4.00. The summed E-state index contributed by atoms with van der Waals surface area (Å²) in [5.41, 5.74) is 1.30. The first-order valence-corrected chi connectivity index (χ1v) is 13.4. The van der Waals surface area contributed by atoms with Gasteiger partial charge in [-0.1, -0.05) is 59.2 Å². The lowest BCUT2D eigenvalue weighted by molar-refractivity contribution is -0.759. The van der Waals surface area contributed by atoms with Crippen molar-refractivity contribution in [3.63, 3.8) is 0 Å². The summed E-state index contributed by atoms with van der Waals surface area (Å²) in [5.74, 6) is -0.418. The molecule has 0 atom stereocenters. The molecule has 1 N–H and O–H groups in total. The van der Waals surface area contributed by atoms with E-state index in [0.717, 1.165) is 37.7 Å². The Balaban J connectivity index is 1.32. The quantitative estimate of drug-likeness (QED) is 0.354. The van der Waals surface area contributed by atoms with E-state index in [1.54, 1.807) is 47.4 Å². The first-order valence-electron chi connectivity index (χ1n) is 11.7. The molecule has 3 heterocycles. The maximum atomic E-state index is 13.3. The van der Waals surface area contributed by atoms with Gasteiger partial charge in [-0.3, -0.25) is 24.3 Å². The molecule has 2 aromatic carbocycles. The fraction of sp³-hybridized carbons (Fsp3) is 0.240. The van der Waals surface area contributed by atoms with E-state index >= 15 is 0 Å². The summed E-state index contributed by atoms with van der Waals surface area (Å²) in [5, 5.41) is 9.95. The number of hydrogen-bond donors (Lipinski definition) is 1. The third-order valence-corrected chi connectivity index (χ3v) is 7.40. The van der Waals surface area contributed by atoms with Gasteiger partial charge in [0.2, 0.25) is 11.2 Å². The van der Waals surface area contributed by atoms with Crippen LogP contribution in [-0.4, -0.2) is 41.1 Å². The Morgan fingerprint density at radius 1 is 1.08 bits per heavy atom. The standard InChI is InChI=1S/C25H22Cl2N6O3S/c26-19-10-7-11-20(27)18(19)14-21-24(35)33(17-8-3-1-4-9-17)25(28-21)37-16-22(34)29-23-15-32(30-36-23)31-12-5-2-6-13-31/h1,3-4,7-11,14-15H,2,5-6,12-13,16H2/p+1/b21-14-. The second-order valence-corrected chi connectivity index (χ2v) is 10.1. The molecular formula is C25H23Cl2N6O3S+.